The molecule has 2 atom stereocenters. The van der Waals surface area contributed by atoms with Crippen molar-refractivity contribution in [2.75, 3.05) is 11.9 Å². The molecule has 1 aliphatic rings. The summed E-state index contributed by atoms with van der Waals surface area (Å²) in [7, 11) is 0. The van der Waals surface area contributed by atoms with Gasteiger partial charge in [0.2, 0.25) is 5.91 Å². The molecule has 1 fully saturated rings. The van der Waals surface area contributed by atoms with Crippen LogP contribution in [0.15, 0.2) is 42.5 Å². The van der Waals surface area contributed by atoms with Gasteiger partial charge in [0.1, 0.15) is 11.6 Å². The van der Waals surface area contributed by atoms with Crippen molar-refractivity contribution in [1.82, 2.24) is 15.3 Å². The standard InChI is InChI=1S/C21H21FN4O2/c1-12-10-14(12)21(28)26-16-7-6-13(22)11-15(16)20(27)23-9-8-19-24-17-4-2-3-5-18(17)25-19/h2-7,11-12,14H,8-10H2,1H3,(H,23,27)(H,24,25)(H,26,28). The fourth-order valence-electron chi connectivity index (χ4n) is 3.24. The number of nitrogens with zero attached hydrogens (tertiary/aromatic N) is 1. The van der Waals surface area contributed by atoms with E-state index in [1.165, 1.54) is 12.1 Å². The number of anilines is 1. The average molecular weight is 380 g/mol. The Balaban J connectivity index is 1.40. The van der Waals surface area contributed by atoms with E-state index in [2.05, 4.69) is 20.6 Å². The third kappa shape index (κ3) is 3.88. The zero-order valence-corrected chi connectivity index (χ0v) is 15.5. The topological polar surface area (TPSA) is 86.9 Å². The summed E-state index contributed by atoms with van der Waals surface area (Å²) in [6, 6.07) is 11.5. The largest absolute Gasteiger partial charge is 0.352 e. The Bertz CT molecular complexity index is 1010. The number of carbonyl (C=O) groups is 2. The molecule has 0 bridgehead atoms. The van der Waals surface area contributed by atoms with E-state index in [1.807, 2.05) is 31.2 Å². The summed E-state index contributed by atoms with van der Waals surface area (Å²) in [5.74, 6) is -0.0158. The van der Waals surface area contributed by atoms with Gasteiger partial charge in [0.05, 0.1) is 22.3 Å². The molecule has 0 radical (unpaired) electrons. The molecule has 2 amide bonds. The molecule has 1 heterocycles. The Kier molecular flexibility index (Phi) is 4.81. The van der Waals surface area contributed by atoms with Crippen LogP contribution in [0.4, 0.5) is 10.1 Å². The van der Waals surface area contributed by atoms with Crippen LogP contribution < -0.4 is 10.6 Å². The molecule has 28 heavy (non-hydrogen) atoms. The van der Waals surface area contributed by atoms with Gasteiger partial charge in [-0.2, -0.15) is 0 Å². The summed E-state index contributed by atoms with van der Waals surface area (Å²) in [5.41, 5.74) is 2.25. The lowest BCUT2D eigenvalue weighted by Crippen LogP contribution is -2.27. The number of hydrogen-bond acceptors (Lipinski definition) is 3. The van der Waals surface area contributed by atoms with E-state index in [4.69, 9.17) is 0 Å². The molecule has 1 aromatic heterocycles. The first-order chi connectivity index (χ1) is 13.5. The molecule has 1 aliphatic carbocycles. The van der Waals surface area contributed by atoms with Crippen molar-refractivity contribution in [1.29, 1.82) is 0 Å². The summed E-state index contributed by atoms with van der Waals surface area (Å²) >= 11 is 0. The Morgan fingerprint density at radius 3 is 2.79 bits per heavy atom. The molecule has 0 spiro atoms. The number of amides is 2. The lowest BCUT2D eigenvalue weighted by Gasteiger charge is -2.11. The second-order valence-corrected chi connectivity index (χ2v) is 7.21. The Labute approximate surface area is 161 Å². The molecule has 0 aliphatic heterocycles. The second-order valence-electron chi connectivity index (χ2n) is 7.21. The van der Waals surface area contributed by atoms with Gasteiger partial charge >= 0.3 is 0 Å². The van der Waals surface area contributed by atoms with Crippen LogP contribution in [0.3, 0.4) is 0 Å². The van der Waals surface area contributed by atoms with E-state index < -0.39 is 11.7 Å². The van der Waals surface area contributed by atoms with Gasteiger partial charge in [-0.15, -0.1) is 0 Å². The van der Waals surface area contributed by atoms with Crippen LogP contribution in [0, 0.1) is 17.7 Å². The van der Waals surface area contributed by atoms with Crippen LogP contribution >= 0.6 is 0 Å². The first kappa shape index (κ1) is 18.2. The van der Waals surface area contributed by atoms with Gasteiger partial charge in [0.15, 0.2) is 0 Å². The number of para-hydroxylation sites is 2. The van der Waals surface area contributed by atoms with Crippen molar-refractivity contribution in [2.24, 2.45) is 11.8 Å². The maximum atomic E-state index is 13.7. The molecule has 1 saturated carbocycles. The minimum absolute atomic E-state index is 0.0333. The van der Waals surface area contributed by atoms with E-state index >= 15 is 0 Å². The maximum Gasteiger partial charge on any atom is 0.253 e. The Morgan fingerprint density at radius 1 is 1.25 bits per heavy atom. The predicted octanol–water partition coefficient (Wildman–Crippen LogP) is 3.27. The number of fused-ring (bicyclic) bond motifs is 1. The van der Waals surface area contributed by atoms with Crippen LogP contribution in [-0.2, 0) is 11.2 Å². The average Bonchev–Trinajstić information content (AvgIpc) is 3.26. The minimum Gasteiger partial charge on any atom is -0.352 e. The number of carbonyl (C=O) groups excluding carboxylic acids is 2. The Hall–Kier alpha value is -3.22. The highest BCUT2D eigenvalue weighted by Crippen LogP contribution is 2.38. The van der Waals surface area contributed by atoms with E-state index in [9.17, 15) is 14.0 Å². The molecular formula is C21H21FN4O2. The number of aromatic amines is 1. The summed E-state index contributed by atoms with van der Waals surface area (Å²) in [6.07, 6.45) is 1.35. The normalized spacial score (nSPS) is 18.1. The number of hydrogen-bond donors (Lipinski definition) is 3. The fraction of sp³-hybridized carbons (Fsp3) is 0.286. The van der Waals surface area contributed by atoms with Gasteiger partial charge in [-0.1, -0.05) is 19.1 Å². The SMILES string of the molecule is CC1CC1C(=O)Nc1ccc(F)cc1C(=O)NCCc1nc2ccccc2[nH]1. The number of nitrogens with one attached hydrogen (secondary N) is 3. The lowest BCUT2D eigenvalue weighted by atomic mass is 10.1. The molecule has 0 saturated heterocycles. The maximum absolute atomic E-state index is 13.7. The first-order valence-electron chi connectivity index (χ1n) is 9.33. The quantitative estimate of drug-likeness (QED) is 0.613. The highest BCUT2D eigenvalue weighted by atomic mass is 19.1. The van der Waals surface area contributed by atoms with E-state index in [1.54, 1.807) is 0 Å². The number of rotatable bonds is 6. The van der Waals surface area contributed by atoms with Gasteiger partial charge < -0.3 is 15.6 Å². The fourth-order valence-corrected chi connectivity index (χ4v) is 3.24. The Morgan fingerprint density at radius 2 is 2.04 bits per heavy atom. The third-order valence-electron chi connectivity index (χ3n) is 5.02. The van der Waals surface area contributed by atoms with Crippen molar-refractivity contribution >= 4 is 28.5 Å². The third-order valence-corrected chi connectivity index (χ3v) is 5.02. The van der Waals surface area contributed by atoms with Gasteiger partial charge in [0.25, 0.3) is 5.91 Å². The molecule has 3 aromatic rings. The van der Waals surface area contributed by atoms with Crippen LogP contribution in [-0.4, -0.2) is 28.3 Å². The summed E-state index contributed by atoms with van der Waals surface area (Å²) in [5, 5.41) is 5.52. The van der Waals surface area contributed by atoms with E-state index in [0.29, 0.717) is 24.6 Å². The van der Waals surface area contributed by atoms with Crippen molar-refractivity contribution in [3.63, 3.8) is 0 Å². The van der Waals surface area contributed by atoms with Crippen LogP contribution in [0.2, 0.25) is 0 Å². The molecule has 2 unspecified atom stereocenters. The summed E-state index contributed by atoms with van der Waals surface area (Å²) in [4.78, 5) is 32.4. The highest BCUT2D eigenvalue weighted by Gasteiger charge is 2.39. The highest BCUT2D eigenvalue weighted by molar-refractivity contribution is 6.04. The number of H-pyrrole nitrogens is 1. The van der Waals surface area contributed by atoms with E-state index in [-0.39, 0.29) is 17.4 Å². The second kappa shape index (κ2) is 7.42. The smallest absolute Gasteiger partial charge is 0.253 e. The van der Waals surface area contributed by atoms with Crippen molar-refractivity contribution < 1.29 is 14.0 Å². The molecule has 144 valence electrons. The number of imidazole rings is 1. The molecule has 4 rings (SSSR count). The minimum atomic E-state index is -0.528. The first-order valence-corrected chi connectivity index (χ1v) is 9.33. The summed E-state index contributed by atoms with van der Waals surface area (Å²) < 4.78 is 13.7. The van der Waals surface area contributed by atoms with Gasteiger partial charge in [-0.3, -0.25) is 9.59 Å². The number of benzene rings is 2. The van der Waals surface area contributed by atoms with Crippen molar-refractivity contribution in [3.05, 3.63) is 59.7 Å². The van der Waals surface area contributed by atoms with Gasteiger partial charge in [-0.05, 0) is 42.7 Å². The predicted molar refractivity (Wildman–Crippen MR) is 104 cm³/mol. The molecular weight excluding hydrogens is 359 g/mol. The molecule has 3 N–H and O–H groups in total. The van der Waals surface area contributed by atoms with Gasteiger partial charge in [0, 0.05) is 18.9 Å². The summed E-state index contributed by atoms with van der Waals surface area (Å²) in [6.45, 7) is 2.34. The number of aromatic nitrogens is 2. The lowest BCUT2D eigenvalue weighted by molar-refractivity contribution is -0.117. The molecule has 7 heteroatoms. The zero-order chi connectivity index (χ0) is 19.7. The van der Waals surface area contributed by atoms with Crippen LogP contribution in [0.1, 0.15) is 29.5 Å². The van der Waals surface area contributed by atoms with Crippen molar-refractivity contribution in [2.45, 2.75) is 19.8 Å². The number of halogens is 1. The molecule has 2 aromatic carbocycles. The van der Waals surface area contributed by atoms with Crippen LogP contribution in [0.25, 0.3) is 11.0 Å². The molecule has 6 nitrogen and oxygen atoms in total. The van der Waals surface area contributed by atoms with E-state index in [0.717, 1.165) is 29.3 Å². The van der Waals surface area contributed by atoms with Gasteiger partial charge in [-0.25, -0.2) is 9.37 Å². The van der Waals surface area contributed by atoms with Crippen molar-refractivity contribution in [3.8, 4) is 0 Å². The zero-order valence-electron chi connectivity index (χ0n) is 15.5. The van der Waals surface area contributed by atoms with Crippen LogP contribution in [0.5, 0.6) is 0 Å². The monoisotopic (exact) mass is 380 g/mol.